The molecular weight excluding hydrogens is 497 g/mol. The summed E-state index contributed by atoms with van der Waals surface area (Å²) < 4.78 is 17.3. The Bertz CT molecular complexity index is 647. The van der Waals surface area contributed by atoms with Gasteiger partial charge in [-0.1, -0.05) is 25.9 Å². The van der Waals surface area contributed by atoms with E-state index in [0.29, 0.717) is 24.4 Å². The SMILES string of the molecule is CCNC(=NCc1noc(C(C)(C)C)n1)N1CCC(OCC2CCCCO2)CC1.I. The highest BCUT2D eigenvalue weighted by molar-refractivity contribution is 14.0. The number of rotatable bonds is 6. The molecule has 0 spiro atoms. The Morgan fingerprint density at radius 3 is 2.60 bits per heavy atom. The number of halogens is 1. The quantitative estimate of drug-likeness (QED) is 0.339. The predicted molar refractivity (Wildman–Crippen MR) is 127 cm³/mol. The van der Waals surface area contributed by atoms with Crippen LogP contribution >= 0.6 is 24.0 Å². The summed E-state index contributed by atoms with van der Waals surface area (Å²) in [5, 5.41) is 7.46. The van der Waals surface area contributed by atoms with E-state index in [9.17, 15) is 0 Å². The van der Waals surface area contributed by atoms with E-state index in [1.165, 1.54) is 12.8 Å². The maximum atomic E-state index is 6.13. The Morgan fingerprint density at radius 2 is 2.00 bits per heavy atom. The van der Waals surface area contributed by atoms with Crippen molar-refractivity contribution in [1.29, 1.82) is 0 Å². The topological polar surface area (TPSA) is 85.0 Å². The summed E-state index contributed by atoms with van der Waals surface area (Å²) >= 11 is 0. The Kier molecular flexibility index (Phi) is 10.3. The molecule has 1 aromatic rings. The summed E-state index contributed by atoms with van der Waals surface area (Å²) in [5.74, 6) is 2.17. The van der Waals surface area contributed by atoms with Gasteiger partial charge >= 0.3 is 0 Å². The third kappa shape index (κ3) is 7.64. The summed E-state index contributed by atoms with van der Waals surface area (Å²) in [6.07, 6.45) is 6.18. The minimum atomic E-state index is -0.149. The molecule has 8 nitrogen and oxygen atoms in total. The Morgan fingerprint density at radius 1 is 1.23 bits per heavy atom. The van der Waals surface area contributed by atoms with Gasteiger partial charge in [-0.3, -0.25) is 0 Å². The third-order valence-corrected chi connectivity index (χ3v) is 5.35. The summed E-state index contributed by atoms with van der Waals surface area (Å²) in [4.78, 5) is 11.5. The number of aliphatic imine (C=N–C) groups is 1. The fraction of sp³-hybridized carbons (Fsp3) is 0.857. The van der Waals surface area contributed by atoms with Gasteiger partial charge in [0.05, 0.1) is 18.8 Å². The van der Waals surface area contributed by atoms with Crippen LogP contribution in [0.3, 0.4) is 0 Å². The zero-order valence-electron chi connectivity index (χ0n) is 18.9. The average Bonchev–Trinajstić information content (AvgIpc) is 3.20. The molecule has 0 amide bonds. The van der Waals surface area contributed by atoms with Crippen molar-refractivity contribution in [3.05, 3.63) is 11.7 Å². The van der Waals surface area contributed by atoms with Crippen molar-refractivity contribution in [2.45, 2.75) is 84.0 Å². The van der Waals surface area contributed by atoms with E-state index in [1.807, 2.05) is 0 Å². The zero-order chi connectivity index (χ0) is 20.7. The van der Waals surface area contributed by atoms with E-state index < -0.39 is 0 Å². The maximum Gasteiger partial charge on any atom is 0.232 e. The van der Waals surface area contributed by atoms with Crippen molar-refractivity contribution in [1.82, 2.24) is 20.4 Å². The molecule has 2 fully saturated rings. The second-order valence-corrected chi connectivity index (χ2v) is 8.94. The fourth-order valence-electron chi connectivity index (χ4n) is 3.61. The molecule has 2 saturated heterocycles. The fourth-order valence-corrected chi connectivity index (χ4v) is 3.61. The minimum Gasteiger partial charge on any atom is -0.376 e. The van der Waals surface area contributed by atoms with E-state index >= 15 is 0 Å². The number of nitrogens with one attached hydrogen (secondary N) is 1. The van der Waals surface area contributed by atoms with Crippen molar-refractivity contribution in [3.8, 4) is 0 Å². The van der Waals surface area contributed by atoms with E-state index in [2.05, 4.69) is 48.1 Å². The Labute approximate surface area is 197 Å². The number of likely N-dealkylation sites (tertiary alicyclic amines) is 1. The van der Waals surface area contributed by atoms with Gasteiger partial charge in [-0.2, -0.15) is 4.98 Å². The van der Waals surface area contributed by atoms with Gasteiger partial charge in [-0.25, -0.2) is 4.99 Å². The molecule has 3 heterocycles. The molecule has 9 heteroatoms. The van der Waals surface area contributed by atoms with Gasteiger partial charge in [0.1, 0.15) is 6.54 Å². The molecule has 172 valence electrons. The molecule has 0 aromatic carbocycles. The number of piperidine rings is 1. The molecule has 2 aliphatic heterocycles. The van der Waals surface area contributed by atoms with Gasteiger partial charge in [0.15, 0.2) is 11.8 Å². The largest absolute Gasteiger partial charge is 0.376 e. The van der Waals surface area contributed by atoms with Crippen LogP contribution < -0.4 is 5.32 Å². The summed E-state index contributed by atoms with van der Waals surface area (Å²) in [6.45, 7) is 13.0. The molecule has 3 rings (SSSR count). The number of nitrogens with zero attached hydrogens (tertiary/aromatic N) is 4. The lowest BCUT2D eigenvalue weighted by Crippen LogP contribution is -2.47. The molecular formula is C21H38IN5O3. The predicted octanol–water partition coefficient (Wildman–Crippen LogP) is 3.50. The number of hydrogen-bond acceptors (Lipinski definition) is 6. The van der Waals surface area contributed by atoms with Crippen molar-refractivity contribution >= 4 is 29.9 Å². The molecule has 0 saturated carbocycles. The van der Waals surface area contributed by atoms with Crippen LogP contribution in [0.15, 0.2) is 9.52 Å². The number of guanidine groups is 1. The van der Waals surface area contributed by atoms with E-state index in [1.54, 1.807) is 0 Å². The average molecular weight is 535 g/mol. The minimum absolute atomic E-state index is 0. The van der Waals surface area contributed by atoms with Crippen molar-refractivity contribution in [2.24, 2.45) is 4.99 Å². The first-order valence-electron chi connectivity index (χ1n) is 11.0. The molecule has 0 radical (unpaired) electrons. The van der Waals surface area contributed by atoms with E-state index in [4.69, 9.17) is 19.0 Å². The first-order chi connectivity index (χ1) is 14.0. The number of ether oxygens (including phenoxy) is 2. The standard InChI is InChI=1S/C21H37N5O3.HI/c1-5-22-20(23-14-18-24-19(29-25-18)21(2,3)4)26-11-9-16(10-12-26)28-15-17-8-6-7-13-27-17;/h16-17H,5-15H2,1-4H3,(H,22,23);1H. The highest BCUT2D eigenvalue weighted by atomic mass is 127. The molecule has 0 bridgehead atoms. The van der Waals surface area contributed by atoms with Crippen LogP contribution in [-0.2, 0) is 21.4 Å². The molecule has 1 N–H and O–H groups in total. The van der Waals surface area contributed by atoms with Crippen LogP contribution in [0, 0.1) is 0 Å². The summed E-state index contributed by atoms with van der Waals surface area (Å²) in [6, 6.07) is 0. The lowest BCUT2D eigenvalue weighted by Gasteiger charge is -2.35. The molecule has 0 aliphatic carbocycles. The molecule has 1 atom stereocenters. The zero-order valence-corrected chi connectivity index (χ0v) is 21.2. The van der Waals surface area contributed by atoms with Gasteiger partial charge in [-0.05, 0) is 39.0 Å². The highest BCUT2D eigenvalue weighted by Crippen LogP contribution is 2.20. The monoisotopic (exact) mass is 535 g/mol. The molecule has 30 heavy (non-hydrogen) atoms. The second-order valence-electron chi connectivity index (χ2n) is 8.94. The Balaban J connectivity index is 0.00000320. The Hall–Kier alpha value is -0.940. The normalized spacial score (nSPS) is 21.4. The van der Waals surface area contributed by atoms with Crippen LogP contribution in [-0.4, -0.2) is 66.1 Å². The molecule has 1 unspecified atom stereocenters. The van der Waals surface area contributed by atoms with Gasteiger partial charge in [0.2, 0.25) is 5.89 Å². The lowest BCUT2D eigenvalue weighted by molar-refractivity contribution is -0.0721. The van der Waals surface area contributed by atoms with Crippen molar-refractivity contribution in [2.75, 3.05) is 32.8 Å². The lowest BCUT2D eigenvalue weighted by atomic mass is 9.97. The molecule has 1 aromatic heterocycles. The van der Waals surface area contributed by atoms with Crippen LogP contribution in [0.4, 0.5) is 0 Å². The third-order valence-electron chi connectivity index (χ3n) is 5.35. The summed E-state index contributed by atoms with van der Waals surface area (Å²) in [5.41, 5.74) is -0.149. The first kappa shape index (κ1) is 25.3. The van der Waals surface area contributed by atoms with Gasteiger partial charge in [0, 0.05) is 31.7 Å². The maximum absolute atomic E-state index is 6.13. The van der Waals surface area contributed by atoms with Gasteiger partial charge < -0.3 is 24.2 Å². The second kappa shape index (κ2) is 12.2. The highest BCUT2D eigenvalue weighted by Gasteiger charge is 2.24. The first-order valence-corrected chi connectivity index (χ1v) is 11.0. The van der Waals surface area contributed by atoms with E-state index in [-0.39, 0.29) is 35.5 Å². The van der Waals surface area contributed by atoms with Gasteiger partial charge in [0.25, 0.3) is 0 Å². The van der Waals surface area contributed by atoms with Gasteiger partial charge in [-0.15, -0.1) is 24.0 Å². The van der Waals surface area contributed by atoms with Crippen molar-refractivity contribution in [3.63, 3.8) is 0 Å². The van der Waals surface area contributed by atoms with Crippen LogP contribution in [0.2, 0.25) is 0 Å². The van der Waals surface area contributed by atoms with Crippen LogP contribution in [0.25, 0.3) is 0 Å². The number of hydrogen-bond donors (Lipinski definition) is 1. The van der Waals surface area contributed by atoms with Crippen LogP contribution in [0.5, 0.6) is 0 Å². The van der Waals surface area contributed by atoms with E-state index in [0.717, 1.165) is 58.1 Å². The van der Waals surface area contributed by atoms with Crippen LogP contribution in [0.1, 0.15) is 71.5 Å². The smallest absolute Gasteiger partial charge is 0.232 e. The summed E-state index contributed by atoms with van der Waals surface area (Å²) in [7, 11) is 0. The van der Waals surface area contributed by atoms with Crippen molar-refractivity contribution < 1.29 is 14.0 Å². The number of aromatic nitrogens is 2. The molecule has 2 aliphatic rings.